The zero-order chi connectivity index (χ0) is 19.3. The van der Waals surface area contributed by atoms with E-state index in [9.17, 15) is 8.42 Å². The SMILES string of the molecule is CCCCCCCCS(=O)(=O)ON=C(C#N)C=Cc1ccccc1OC. The zero-order valence-electron chi connectivity index (χ0n) is 15.3. The van der Waals surface area contributed by atoms with Gasteiger partial charge in [0.25, 0.3) is 0 Å². The Bertz CT molecular complexity index is 749. The second-order valence-electron chi connectivity index (χ2n) is 5.77. The van der Waals surface area contributed by atoms with Crippen LogP contribution in [-0.2, 0) is 14.4 Å². The van der Waals surface area contributed by atoms with Gasteiger partial charge in [-0.1, -0.05) is 62.4 Å². The third-order valence-corrected chi connectivity index (χ3v) is 4.76. The highest BCUT2D eigenvalue weighted by Gasteiger charge is 2.11. The molecule has 0 atom stereocenters. The Hall–Kier alpha value is -2.33. The van der Waals surface area contributed by atoms with Gasteiger partial charge in [0.05, 0.1) is 12.9 Å². The summed E-state index contributed by atoms with van der Waals surface area (Å²) in [6.07, 6.45) is 8.81. The second kappa shape index (κ2) is 12.1. The van der Waals surface area contributed by atoms with Gasteiger partial charge in [-0.3, -0.25) is 4.28 Å². The first kappa shape index (κ1) is 21.7. The molecule has 0 N–H and O–H groups in total. The van der Waals surface area contributed by atoms with Crippen LogP contribution < -0.4 is 4.74 Å². The molecule has 0 unspecified atom stereocenters. The molecule has 1 aromatic carbocycles. The van der Waals surface area contributed by atoms with Crippen LogP contribution in [0.25, 0.3) is 6.08 Å². The zero-order valence-corrected chi connectivity index (χ0v) is 16.2. The summed E-state index contributed by atoms with van der Waals surface area (Å²) in [5.41, 5.74) is 0.607. The molecule has 0 amide bonds. The number of unbranched alkanes of at least 4 members (excludes halogenated alkanes) is 5. The van der Waals surface area contributed by atoms with Crippen molar-refractivity contribution in [3.63, 3.8) is 0 Å². The number of rotatable bonds is 12. The van der Waals surface area contributed by atoms with E-state index in [0.29, 0.717) is 12.2 Å². The van der Waals surface area contributed by atoms with E-state index in [1.54, 1.807) is 31.4 Å². The van der Waals surface area contributed by atoms with Crippen LogP contribution >= 0.6 is 0 Å². The molecule has 142 valence electrons. The fourth-order valence-corrected chi connectivity index (χ4v) is 3.08. The third-order valence-electron chi connectivity index (χ3n) is 3.67. The highest BCUT2D eigenvalue weighted by molar-refractivity contribution is 7.86. The van der Waals surface area contributed by atoms with Gasteiger partial charge >= 0.3 is 10.1 Å². The molecule has 7 heteroatoms. The summed E-state index contributed by atoms with van der Waals surface area (Å²) in [5, 5.41) is 12.5. The summed E-state index contributed by atoms with van der Waals surface area (Å²) in [4.78, 5) is 0. The van der Waals surface area contributed by atoms with Crippen LogP contribution in [0.15, 0.2) is 35.5 Å². The molecule has 0 fully saturated rings. The van der Waals surface area contributed by atoms with E-state index >= 15 is 0 Å². The molecule has 1 rings (SSSR count). The molecule has 26 heavy (non-hydrogen) atoms. The smallest absolute Gasteiger partial charge is 0.328 e. The van der Waals surface area contributed by atoms with Gasteiger partial charge in [-0.2, -0.15) is 13.7 Å². The largest absolute Gasteiger partial charge is 0.496 e. The van der Waals surface area contributed by atoms with E-state index in [1.807, 2.05) is 12.1 Å². The van der Waals surface area contributed by atoms with Gasteiger partial charge in [0.2, 0.25) is 0 Å². The molecule has 0 aromatic heterocycles. The number of nitrogens with zero attached hydrogens (tertiary/aromatic N) is 2. The fourth-order valence-electron chi connectivity index (χ4n) is 2.25. The molecule has 0 spiro atoms. The fraction of sp³-hybridized carbons (Fsp3) is 0.474. The summed E-state index contributed by atoms with van der Waals surface area (Å²) < 4.78 is 33.5. The molecule has 0 saturated carbocycles. The molecule has 0 aliphatic heterocycles. The Labute approximate surface area is 156 Å². The monoisotopic (exact) mass is 378 g/mol. The van der Waals surface area contributed by atoms with Crippen molar-refractivity contribution >= 4 is 21.9 Å². The molecule has 1 aromatic rings. The summed E-state index contributed by atoms with van der Waals surface area (Å²) in [6.45, 7) is 2.13. The van der Waals surface area contributed by atoms with Crippen LogP contribution in [-0.4, -0.2) is 27.0 Å². The van der Waals surface area contributed by atoms with Crippen molar-refractivity contribution in [1.29, 1.82) is 5.26 Å². The number of hydrogen-bond donors (Lipinski definition) is 0. The molecular weight excluding hydrogens is 352 g/mol. The Morgan fingerprint density at radius 1 is 1.19 bits per heavy atom. The maximum absolute atomic E-state index is 11.8. The van der Waals surface area contributed by atoms with E-state index in [0.717, 1.165) is 37.7 Å². The molecule has 0 aliphatic carbocycles. The first-order valence-electron chi connectivity index (χ1n) is 8.73. The number of ether oxygens (including phenoxy) is 1. The van der Waals surface area contributed by atoms with Gasteiger partial charge in [-0.15, -0.1) is 0 Å². The highest BCUT2D eigenvalue weighted by Crippen LogP contribution is 2.18. The molecule has 6 nitrogen and oxygen atoms in total. The number of benzene rings is 1. The van der Waals surface area contributed by atoms with Crippen molar-refractivity contribution in [1.82, 2.24) is 0 Å². The lowest BCUT2D eigenvalue weighted by atomic mass is 10.1. The molecular formula is C19H26N2O4S. The molecule has 0 saturated heterocycles. The number of para-hydroxylation sites is 1. The standard InChI is InChI=1S/C19H26N2O4S/c1-3-4-5-6-7-10-15-26(22,23)25-21-18(16-20)14-13-17-11-8-9-12-19(17)24-2/h8-9,11-14H,3-7,10,15H2,1-2H3. The van der Waals surface area contributed by atoms with E-state index in [4.69, 9.17) is 10.00 Å². The minimum Gasteiger partial charge on any atom is -0.496 e. The number of methoxy groups -OCH3 is 1. The molecule has 0 aliphatic rings. The van der Waals surface area contributed by atoms with Crippen molar-refractivity contribution in [2.75, 3.05) is 12.9 Å². The quantitative estimate of drug-likeness (QED) is 0.307. The Balaban J connectivity index is 2.57. The van der Waals surface area contributed by atoms with E-state index < -0.39 is 10.1 Å². The lowest BCUT2D eigenvalue weighted by molar-refractivity contribution is 0.339. The van der Waals surface area contributed by atoms with Crippen molar-refractivity contribution in [3.8, 4) is 11.8 Å². The third kappa shape index (κ3) is 8.67. The number of hydrogen-bond acceptors (Lipinski definition) is 6. The lowest BCUT2D eigenvalue weighted by Crippen LogP contribution is -2.08. The minimum atomic E-state index is -3.77. The van der Waals surface area contributed by atoms with E-state index in [-0.39, 0.29) is 11.5 Å². The van der Waals surface area contributed by atoms with Crippen molar-refractivity contribution in [2.45, 2.75) is 45.4 Å². The van der Waals surface area contributed by atoms with Gasteiger partial charge in [0.1, 0.15) is 11.8 Å². The van der Waals surface area contributed by atoms with E-state index in [1.165, 1.54) is 6.08 Å². The van der Waals surface area contributed by atoms with Crippen LogP contribution in [0.1, 0.15) is 51.0 Å². The molecule has 0 bridgehead atoms. The second-order valence-corrected chi connectivity index (χ2v) is 7.44. The molecule has 0 radical (unpaired) electrons. The maximum atomic E-state index is 11.8. The predicted molar refractivity (Wildman–Crippen MR) is 103 cm³/mol. The van der Waals surface area contributed by atoms with Gasteiger partial charge in [-0.05, 0) is 24.6 Å². The van der Waals surface area contributed by atoms with Crippen molar-refractivity contribution < 1.29 is 17.4 Å². The minimum absolute atomic E-state index is 0.0996. The summed E-state index contributed by atoms with van der Waals surface area (Å²) in [5.74, 6) is 0.537. The normalized spacial score (nSPS) is 12.1. The van der Waals surface area contributed by atoms with Crippen LogP contribution in [0.5, 0.6) is 5.75 Å². The number of oxime groups is 1. The topological polar surface area (TPSA) is 88.8 Å². The molecule has 0 heterocycles. The van der Waals surface area contributed by atoms with Crippen LogP contribution in [0.3, 0.4) is 0 Å². The van der Waals surface area contributed by atoms with Crippen molar-refractivity contribution in [3.05, 3.63) is 35.9 Å². The average molecular weight is 378 g/mol. The van der Waals surface area contributed by atoms with E-state index in [2.05, 4.69) is 16.4 Å². The lowest BCUT2D eigenvalue weighted by Gasteiger charge is -2.03. The van der Waals surface area contributed by atoms with Crippen molar-refractivity contribution in [2.24, 2.45) is 5.16 Å². The van der Waals surface area contributed by atoms with Gasteiger partial charge in [-0.25, -0.2) is 0 Å². The van der Waals surface area contributed by atoms with Crippen LogP contribution in [0, 0.1) is 11.3 Å². The van der Waals surface area contributed by atoms with Crippen LogP contribution in [0.4, 0.5) is 0 Å². The van der Waals surface area contributed by atoms with Gasteiger partial charge in [0.15, 0.2) is 5.71 Å². The Morgan fingerprint density at radius 3 is 2.58 bits per heavy atom. The Kier molecular flexibility index (Phi) is 10.1. The van der Waals surface area contributed by atoms with Gasteiger partial charge < -0.3 is 4.74 Å². The van der Waals surface area contributed by atoms with Crippen LogP contribution in [0.2, 0.25) is 0 Å². The highest BCUT2D eigenvalue weighted by atomic mass is 32.2. The maximum Gasteiger partial charge on any atom is 0.328 e. The first-order valence-corrected chi connectivity index (χ1v) is 10.3. The predicted octanol–water partition coefficient (Wildman–Crippen LogP) is 4.29. The summed E-state index contributed by atoms with van der Waals surface area (Å²) >= 11 is 0. The first-order chi connectivity index (χ1) is 12.5. The van der Waals surface area contributed by atoms with Gasteiger partial charge in [0, 0.05) is 5.56 Å². The number of nitriles is 1. The average Bonchev–Trinajstić information content (AvgIpc) is 2.65. The Morgan fingerprint density at radius 2 is 1.88 bits per heavy atom. The summed E-state index contributed by atoms with van der Waals surface area (Å²) in [7, 11) is -2.23. The number of allylic oxidation sites excluding steroid dienone is 1. The summed E-state index contributed by atoms with van der Waals surface area (Å²) in [6, 6.07) is 9.05.